The highest BCUT2D eigenvalue weighted by molar-refractivity contribution is 6.99. The molecule has 1 aromatic rings. The molecular formula is C7H13ClN4OS. The van der Waals surface area contributed by atoms with Crippen LogP contribution >= 0.6 is 24.1 Å². The van der Waals surface area contributed by atoms with Gasteiger partial charge in [-0.25, -0.2) is 0 Å². The third-order valence-corrected chi connectivity index (χ3v) is 1.78. The molecule has 0 saturated heterocycles. The fraction of sp³-hybridized carbons (Fsp3) is 0.571. The predicted molar refractivity (Wildman–Crippen MR) is 57.8 cm³/mol. The van der Waals surface area contributed by atoms with Crippen LogP contribution in [-0.4, -0.2) is 26.7 Å². The maximum Gasteiger partial charge on any atom is 0.272 e. The lowest BCUT2D eigenvalue weighted by Gasteiger charge is -2.18. The summed E-state index contributed by atoms with van der Waals surface area (Å²) >= 11 is 1.01. The van der Waals surface area contributed by atoms with Gasteiger partial charge in [-0.15, -0.1) is 12.4 Å². The van der Waals surface area contributed by atoms with E-state index in [0.717, 1.165) is 11.7 Å². The Kier molecular flexibility index (Phi) is 4.96. The number of aromatic nitrogens is 2. The van der Waals surface area contributed by atoms with E-state index in [4.69, 9.17) is 5.73 Å². The fourth-order valence-electron chi connectivity index (χ4n) is 0.663. The van der Waals surface area contributed by atoms with Gasteiger partial charge in [-0.2, -0.15) is 8.75 Å². The summed E-state index contributed by atoms with van der Waals surface area (Å²) in [6.45, 7) is 4.10. The molecule has 0 spiro atoms. The first-order valence-electron chi connectivity index (χ1n) is 3.84. The molecule has 0 radical (unpaired) electrons. The molecule has 0 bridgehead atoms. The van der Waals surface area contributed by atoms with Gasteiger partial charge >= 0.3 is 0 Å². The molecule has 0 saturated carbocycles. The van der Waals surface area contributed by atoms with Gasteiger partial charge < -0.3 is 11.1 Å². The van der Waals surface area contributed by atoms with Crippen molar-refractivity contribution in [1.29, 1.82) is 0 Å². The predicted octanol–water partition coefficient (Wildman–Crippen LogP) is 0.427. The van der Waals surface area contributed by atoms with Crippen molar-refractivity contribution in [3.8, 4) is 0 Å². The number of nitrogens with two attached hydrogens (primary N) is 1. The molecule has 0 aliphatic rings. The van der Waals surface area contributed by atoms with E-state index in [2.05, 4.69) is 14.1 Å². The maximum atomic E-state index is 11.3. The van der Waals surface area contributed by atoms with Gasteiger partial charge in [-0.3, -0.25) is 4.79 Å². The lowest BCUT2D eigenvalue weighted by molar-refractivity contribution is 0.0942. The van der Waals surface area contributed by atoms with E-state index in [1.807, 2.05) is 13.8 Å². The third-order valence-electron chi connectivity index (χ3n) is 1.30. The number of carbonyl (C=O) groups excluding carboxylic acids is 1. The summed E-state index contributed by atoms with van der Waals surface area (Å²) in [5.74, 6) is -0.229. The van der Waals surface area contributed by atoms with Crippen molar-refractivity contribution in [3.63, 3.8) is 0 Å². The molecule has 3 N–H and O–H groups in total. The molecule has 1 rings (SSSR count). The molecule has 0 fully saturated rings. The first-order chi connectivity index (χ1) is 5.99. The molecule has 0 unspecified atom stereocenters. The zero-order valence-corrected chi connectivity index (χ0v) is 9.61. The monoisotopic (exact) mass is 236 g/mol. The minimum atomic E-state index is -0.404. The first kappa shape index (κ1) is 13.3. The molecule has 0 aromatic carbocycles. The Balaban J connectivity index is 0.00000169. The van der Waals surface area contributed by atoms with Crippen LogP contribution in [-0.2, 0) is 0 Å². The van der Waals surface area contributed by atoms with Crippen LogP contribution in [0.25, 0.3) is 0 Å². The van der Waals surface area contributed by atoms with Crippen LogP contribution in [0.5, 0.6) is 0 Å². The van der Waals surface area contributed by atoms with Crippen molar-refractivity contribution in [1.82, 2.24) is 14.1 Å². The summed E-state index contributed by atoms with van der Waals surface area (Å²) in [5, 5.41) is 2.67. The number of nitrogens with one attached hydrogen (secondary N) is 1. The van der Waals surface area contributed by atoms with Gasteiger partial charge in [0.15, 0.2) is 5.69 Å². The summed E-state index contributed by atoms with van der Waals surface area (Å²) in [4.78, 5) is 11.3. The minimum Gasteiger partial charge on any atom is -0.349 e. The van der Waals surface area contributed by atoms with Gasteiger partial charge in [-0.05, 0) is 13.8 Å². The lowest BCUT2D eigenvalue weighted by Crippen LogP contribution is -2.45. The summed E-state index contributed by atoms with van der Waals surface area (Å²) < 4.78 is 7.52. The number of rotatable bonds is 3. The SMILES string of the molecule is CC(C)(N)CNC(=O)c1cnsn1.Cl. The topological polar surface area (TPSA) is 80.9 Å². The number of hydrogen-bond donors (Lipinski definition) is 2. The number of halogens is 1. The summed E-state index contributed by atoms with van der Waals surface area (Å²) in [7, 11) is 0. The molecule has 1 aromatic heterocycles. The zero-order chi connectivity index (χ0) is 9.90. The molecule has 5 nitrogen and oxygen atoms in total. The fourth-order valence-corrected chi connectivity index (χ4v) is 1.08. The molecule has 0 aliphatic carbocycles. The summed E-state index contributed by atoms with van der Waals surface area (Å²) in [6.07, 6.45) is 1.43. The van der Waals surface area contributed by atoms with Crippen molar-refractivity contribution < 1.29 is 4.79 Å². The normalized spacial score (nSPS) is 10.5. The van der Waals surface area contributed by atoms with Gasteiger partial charge in [-0.1, -0.05) is 0 Å². The van der Waals surface area contributed by atoms with Gasteiger partial charge in [0, 0.05) is 12.1 Å². The van der Waals surface area contributed by atoms with Crippen LogP contribution < -0.4 is 11.1 Å². The van der Waals surface area contributed by atoms with E-state index < -0.39 is 5.54 Å². The summed E-state index contributed by atoms with van der Waals surface area (Å²) in [5.41, 5.74) is 5.63. The average Bonchev–Trinajstić information content (AvgIpc) is 2.50. The summed E-state index contributed by atoms with van der Waals surface area (Å²) in [6, 6.07) is 0. The van der Waals surface area contributed by atoms with Crippen molar-refractivity contribution in [3.05, 3.63) is 11.9 Å². The largest absolute Gasteiger partial charge is 0.349 e. The number of carbonyl (C=O) groups is 1. The second-order valence-corrected chi connectivity index (χ2v) is 4.02. The van der Waals surface area contributed by atoms with Crippen LogP contribution in [0, 0.1) is 0 Å². The Labute approximate surface area is 92.8 Å². The average molecular weight is 237 g/mol. The molecule has 0 aliphatic heterocycles. The smallest absolute Gasteiger partial charge is 0.272 e. The van der Waals surface area contributed by atoms with E-state index >= 15 is 0 Å². The Bertz CT molecular complexity index is 282. The quantitative estimate of drug-likeness (QED) is 0.798. The van der Waals surface area contributed by atoms with E-state index in [9.17, 15) is 4.79 Å². The van der Waals surface area contributed by atoms with Crippen molar-refractivity contribution >= 4 is 30.0 Å². The standard InChI is InChI=1S/C7H12N4OS.ClH/c1-7(2,8)4-9-6(12)5-3-10-13-11-5;/h3H,4,8H2,1-2H3,(H,9,12);1H. The van der Waals surface area contributed by atoms with Crippen molar-refractivity contribution in [2.24, 2.45) is 5.73 Å². The highest BCUT2D eigenvalue weighted by Crippen LogP contribution is 1.97. The van der Waals surface area contributed by atoms with Crippen LogP contribution in [0.4, 0.5) is 0 Å². The number of amides is 1. The van der Waals surface area contributed by atoms with Crippen LogP contribution in [0.15, 0.2) is 6.20 Å². The second kappa shape index (κ2) is 5.23. The van der Waals surface area contributed by atoms with Gasteiger partial charge in [0.05, 0.1) is 17.9 Å². The van der Waals surface area contributed by atoms with Gasteiger partial charge in [0.2, 0.25) is 0 Å². The Hall–Kier alpha value is -0.720. The van der Waals surface area contributed by atoms with E-state index in [-0.39, 0.29) is 18.3 Å². The third kappa shape index (κ3) is 4.50. The second-order valence-electron chi connectivity index (χ2n) is 3.46. The molecule has 1 heterocycles. The van der Waals surface area contributed by atoms with E-state index in [1.165, 1.54) is 6.20 Å². The van der Waals surface area contributed by atoms with Gasteiger partial charge in [0.1, 0.15) is 0 Å². The number of hydrogen-bond acceptors (Lipinski definition) is 5. The molecule has 7 heteroatoms. The maximum absolute atomic E-state index is 11.3. The van der Waals surface area contributed by atoms with Gasteiger partial charge in [0.25, 0.3) is 5.91 Å². The number of nitrogens with zero attached hydrogens (tertiary/aromatic N) is 2. The van der Waals surface area contributed by atoms with Crippen molar-refractivity contribution in [2.45, 2.75) is 19.4 Å². The van der Waals surface area contributed by atoms with E-state index in [0.29, 0.717) is 12.2 Å². The first-order valence-corrected chi connectivity index (χ1v) is 4.57. The van der Waals surface area contributed by atoms with Crippen LogP contribution in [0.2, 0.25) is 0 Å². The molecule has 14 heavy (non-hydrogen) atoms. The van der Waals surface area contributed by atoms with Crippen molar-refractivity contribution in [2.75, 3.05) is 6.54 Å². The minimum absolute atomic E-state index is 0. The van der Waals surface area contributed by atoms with Crippen LogP contribution in [0.3, 0.4) is 0 Å². The molecule has 0 atom stereocenters. The Morgan fingerprint density at radius 3 is 2.79 bits per heavy atom. The highest BCUT2D eigenvalue weighted by Gasteiger charge is 2.14. The highest BCUT2D eigenvalue weighted by atomic mass is 35.5. The Morgan fingerprint density at radius 2 is 2.36 bits per heavy atom. The van der Waals surface area contributed by atoms with Crippen LogP contribution in [0.1, 0.15) is 24.3 Å². The Morgan fingerprint density at radius 1 is 1.71 bits per heavy atom. The molecule has 1 amide bonds. The zero-order valence-electron chi connectivity index (χ0n) is 7.98. The molecule has 80 valence electrons. The van der Waals surface area contributed by atoms with E-state index in [1.54, 1.807) is 0 Å². The lowest BCUT2D eigenvalue weighted by atomic mass is 10.1. The molecular weight excluding hydrogens is 224 g/mol.